The van der Waals surface area contributed by atoms with Crippen LogP contribution >= 0.6 is 11.6 Å². The molecule has 2 aromatic heterocycles. The molecule has 0 fully saturated rings. The molecule has 96 valence electrons. The maximum absolute atomic E-state index is 9.93. The van der Waals surface area contributed by atoms with Crippen molar-refractivity contribution in [2.45, 2.75) is 25.5 Å². The predicted molar refractivity (Wildman–Crippen MR) is 70.6 cm³/mol. The standard InChI is InChI=1S/C13H15ClN2O2/c1-9(7-11(17)12-3-2-6-18-12)16-13-5-4-10(14)8-15-13/h2-6,8-9,11,17H,7H2,1H3,(H,15,16)/t9-,11+/m1/s1. The van der Waals surface area contributed by atoms with E-state index in [0.717, 1.165) is 5.82 Å². The van der Waals surface area contributed by atoms with Crippen molar-refractivity contribution in [2.24, 2.45) is 0 Å². The second-order valence-corrected chi connectivity index (χ2v) is 4.61. The van der Waals surface area contributed by atoms with E-state index in [2.05, 4.69) is 10.3 Å². The Labute approximate surface area is 111 Å². The fourth-order valence-electron chi connectivity index (χ4n) is 1.70. The first-order valence-corrected chi connectivity index (χ1v) is 6.12. The number of furan rings is 1. The van der Waals surface area contributed by atoms with Crippen LogP contribution in [0.3, 0.4) is 0 Å². The minimum Gasteiger partial charge on any atom is -0.467 e. The van der Waals surface area contributed by atoms with Crippen molar-refractivity contribution in [1.29, 1.82) is 0 Å². The minimum absolute atomic E-state index is 0.0683. The largest absolute Gasteiger partial charge is 0.467 e. The number of rotatable bonds is 5. The van der Waals surface area contributed by atoms with Gasteiger partial charge in [-0.1, -0.05) is 11.6 Å². The molecule has 0 saturated heterocycles. The van der Waals surface area contributed by atoms with Crippen LogP contribution in [0.15, 0.2) is 41.1 Å². The third-order valence-corrected chi connectivity index (χ3v) is 2.79. The van der Waals surface area contributed by atoms with E-state index < -0.39 is 6.10 Å². The molecule has 0 aliphatic heterocycles. The Kier molecular flexibility index (Phi) is 4.23. The topological polar surface area (TPSA) is 58.3 Å². The molecule has 18 heavy (non-hydrogen) atoms. The number of hydrogen-bond donors (Lipinski definition) is 2. The van der Waals surface area contributed by atoms with Crippen LogP contribution < -0.4 is 5.32 Å². The Bertz CT molecular complexity index is 470. The van der Waals surface area contributed by atoms with Crippen molar-refractivity contribution >= 4 is 17.4 Å². The summed E-state index contributed by atoms with van der Waals surface area (Å²) in [4.78, 5) is 4.14. The first-order chi connectivity index (χ1) is 8.65. The summed E-state index contributed by atoms with van der Waals surface area (Å²) in [7, 11) is 0. The van der Waals surface area contributed by atoms with Crippen molar-refractivity contribution in [3.8, 4) is 0 Å². The highest BCUT2D eigenvalue weighted by Gasteiger charge is 2.14. The van der Waals surface area contributed by atoms with Gasteiger partial charge in [-0.3, -0.25) is 0 Å². The molecule has 0 aliphatic rings. The summed E-state index contributed by atoms with van der Waals surface area (Å²) in [6.07, 6.45) is 3.06. The molecule has 0 radical (unpaired) electrons. The zero-order chi connectivity index (χ0) is 13.0. The third-order valence-electron chi connectivity index (χ3n) is 2.57. The van der Waals surface area contributed by atoms with Crippen molar-refractivity contribution in [3.63, 3.8) is 0 Å². The Balaban J connectivity index is 1.88. The van der Waals surface area contributed by atoms with Crippen LogP contribution in [0.5, 0.6) is 0 Å². The molecule has 2 rings (SSSR count). The first kappa shape index (κ1) is 12.9. The van der Waals surface area contributed by atoms with E-state index in [4.69, 9.17) is 16.0 Å². The van der Waals surface area contributed by atoms with Crippen molar-refractivity contribution in [2.75, 3.05) is 5.32 Å². The van der Waals surface area contributed by atoms with Gasteiger partial charge in [-0.05, 0) is 31.2 Å². The molecule has 0 bridgehead atoms. The van der Waals surface area contributed by atoms with Gasteiger partial charge in [0.05, 0.1) is 11.3 Å². The van der Waals surface area contributed by atoms with Crippen LogP contribution in [0.4, 0.5) is 5.82 Å². The number of pyridine rings is 1. The molecular weight excluding hydrogens is 252 g/mol. The zero-order valence-electron chi connectivity index (χ0n) is 10.0. The zero-order valence-corrected chi connectivity index (χ0v) is 10.8. The SMILES string of the molecule is C[C@H](C[C@H](O)c1ccco1)Nc1ccc(Cl)cn1. The Morgan fingerprint density at radius 1 is 1.44 bits per heavy atom. The normalized spacial score (nSPS) is 14.2. The first-order valence-electron chi connectivity index (χ1n) is 5.74. The molecule has 0 amide bonds. The Hall–Kier alpha value is -1.52. The van der Waals surface area contributed by atoms with Crippen LogP contribution in [0.2, 0.25) is 5.02 Å². The molecular formula is C13H15ClN2O2. The number of halogens is 1. The molecule has 2 heterocycles. The maximum Gasteiger partial charge on any atom is 0.132 e. The molecule has 0 aliphatic carbocycles. The van der Waals surface area contributed by atoms with E-state index in [-0.39, 0.29) is 6.04 Å². The maximum atomic E-state index is 9.93. The lowest BCUT2D eigenvalue weighted by atomic mass is 10.1. The average molecular weight is 267 g/mol. The number of hydrogen-bond acceptors (Lipinski definition) is 4. The van der Waals surface area contributed by atoms with Gasteiger partial charge < -0.3 is 14.8 Å². The van der Waals surface area contributed by atoms with Crippen LogP contribution in [-0.2, 0) is 0 Å². The van der Waals surface area contributed by atoms with E-state index in [1.165, 1.54) is 0 Å². The quantitative estimate of drug-likeness (QED) is 0.872. The molecule has 5 heteroatoms. The lowest BCUT2D eigenvalue weighted by Crippen LogP contribution is -2.19. The van der Waals surface area contributed by atoms with Crippen molar-refractivity contribution in [3.05, 3.63) is 47.5 Å². The summed E-state index contributed by atoms with van der Waals surface area (Å²) in [5, 5.41) is 13.7. The second kappa shape index (κ2) is 5.89. The molecule has 0 unspecified atom stereocenters. The Morgan fingerprint density at radius 2 is 2.28 bits per heavy atom. The van der Waals surface area contributed by atoms with Gasteiger partial charge in [0.15, 0.2) is 0 Å². The van der Waals surface area contributed by atoms with Crippen LogP contribution in [0, 0.1) is 0 Å². The summed E-state index contributed by atoms with van der Waals surface area (Å²) in [6, 6.07) is 7.17. The summed E-state index contributed by atoms with van der Waals surface area (Å²) in [5.41, 5.74) is 0. The van der Waals surface area contributed by atoms with Gasteiger partial charge in [0.2, 0.25) is 0 Å². The monoisotopic (exact) mass is 266 g/mol. The number of nitrogens with one attached hydrogen (secondary N) is 1. The summed E-state index contributed by atoms with van der Waals surface area (Å²) >= 11 is 5.76. The fraction of sp³-hybridized carbons (Fsp3) is 0.308. The number of aliphatic hydroxyl groups is 1. The summed E-state index contributed by atoms with van der Waals surface area (Å²) < 4.78 is 5.15. The number of nitrogens with zero attached hydrogens (tertiary/aromatic N) is 1. The van der Waals surface area contributed by atoms with Gasteiger partial charge in [0.1, 0.15) is 17.7 Å². The number of aromatic nitrogens is 1. The van der Waals surface area contributed by atoms with E-state index in [1.807, 2.05) is 6.92 Å². The van der Waals surface area contributed by atoms with Gasteiger partial charge in [0.25, 0.3) is 0 Å². The lowest BCUT2D eigenvalue weighted by molar-refractivity contribution is 0.136. The molecule has 4 nitrogen and oxygen atoms in total. The van der Waals surface area contributed by atoms with E-state index in [0.29, 0.717) is 17.2 Å². The molecule has 0 spiro atoms. The van der Waals surface area contributed by atoms with Gasteiger partial charge in [-0.2, -0.15) is 0 Å². The minimum atomic E-state index is -0.616. The van der Waals surface area contributed by atoms with Crippen molar-refractivity contribution < 1.29 is 9.52 Å². The van der Waals surface area contributed by atoms with Crippen LogP contribution in [-0.4, -0.2) is 16.1 Å². The van der Waals surface area contributed by atoms with E-state index in [1.54, 1.807) is 36.7 Å². The highest BCUT2D eigenvalue weighted by Crippen LogP contribution is 2.20. The van der Waals surface area contributed by atoms with E-state index >= 15 is 0 Å². The van der Waals surface area contributed by atoms with Crippen LogP contribution in [0.1, 0.15) is 25.2 Å². The summed E-state index contributed by atoms with van der Waals surface area (Å²) in [5.74, 6) is 1.31. The molecule has 2 aromatic rings. The highest BCUT2D eigenvalue weighted by molar-refractivity contribution is 6.30. The molecule has 0 aromatic carbocycles. The molecule has 2 N–H and O–H groups in total. The highest BCUT2D eigenvalue weighted by atomic mass is 35.5. The average Bonchev–Trinajstić information content (AvgIpc) is 2.85. The van der Waals surface area contributed by atoms with Gasteiger partial charge in [-0.25, -0.2) is 4.98 Å². The van der Waals surface area contributed by atoms with Crippen molar-refractivity contribution in [1.82, 2.24) is 4.98 Å². The van der Waals surface area contributed by atoms with Gasteiger partial charge in [-0.15, -0.1) is 0 Å². The molecule has 0 saturated carbocycles. The van der Waals surface area contributed by atoms with Gasteiger partial charge >= 0.3 is 0 Å². The van der Waals surface area contributed by atoms with E-state index in [9.17, 15) is 5.11 Å². The Morgan fingerprint density at radius 3 is 2.89 bits per heavy atom. The second-order valence-electron chi connectivity index (χ2n) is 4.17. The molecule has 2 atom stereocenters. The smallest absolute Gasteiger partial charge is 0.132 e. The number of anilines is 1. The lowest BCUT2D eigenvalue weighted by Gasteiger charge is -2.17. The van der Waals surface area contributed by atoms with Crippen LogP contribution in [0.25, 0.3) is 0 Å². The number of aliphatic hydroxyl groups excluding tert-OH is 1. The van der Waals surface area contributed by atoms with Gasteiger partial charge in [0, 0.05) is 18.7 Å². The summed E-state index contributed by atoms with van der Waals surface area (Å²) in [6.45, 7) is 1.97. The fourth-order valence-corrected chi connectivity index (χ4v) is 1.82. The third kappa shape index (κ3) is 3.48. The predicted octanol–water partition coefficient (Wildman–Crippen LogP) is 3.25.